The molecule has 2 rings (SSSR count). The molecule has 1 unspecified atom stereocenters. The van der Waals surface area contributed by atoms with E-state index in [0.717, 1.165) is 5.56 Å². The monoisotopic (exact) mass is 283 g/mol. The molecular weight excluding hydrogens is 264 g/mol. The minimum atomic E-state index is -2.69. The highest BCUT2D eigenvalue weighted by molar-refractivity contribution is 5.82. The van der Waals surface area contributed by atoms with Gasteiger partial charge in [0.1, 0.15) is 17.3 Å². The number of alkyl halides is 2. The number of nitrogens with zero attached hydrogens (tertiary/aromatic N) is 1. The van der Waals surface area contributed by atoms with Gasteiger partial charge in [-0.15, -0.1) is 0 Å². The molecule has 0 spiro atoms. The molecule has 1 aliphatic rings. The summed E-state index contributed by atoms with van der Waals surface area (Å²) in [5, 5.41) is 0. The summed E-state index contributed by atoms with van der Waals surface area (Å²) in [7, 11) is 0. The van der Waals surface area contributed by atoms with Gasteiger partial charge in [-0.2, -0.15) is 0 Å². The third kappa shape index (κ3) is 2.76. The van der Waals surface area contributed by atoms with Crippen LogP contribution >= 0.6 is 0 Å². The number of carbonyl (C=O) groups excluding carboxylic acids is 1. The Balaban J connectivity index is 2.28. The molecule has 0 radical (unpaired) electrons. The highest BCUT2D eigenvalue weighted by Crippen LogP contribution is 2.31. The van der Waals surface area contributed by atoms with Crippen LogP contribution in [-0.2, 0) is 11.3 Å². The highest BCUT2D eigenvalue weighted by atomic mass is 19.3. The maximum atomic E-state index is 13.0. The smallest absolute Gasteiger partial charge is 0.252 e. The van der Waals surface area contributed by atoms with Crippen LogP contribution in [0.3, 0.4) is 0 Å². The summed E-state index contributed by atoms with van der Waals surface area (Å²) in [4.78, 5) is 13.8. The van der Waals surface area contributed by atoms with Crippen LogP contribution < -0.4 is 4.74 Å². The van der Waals surface area contributed by atoms with Gasteiger partial charge in [-0.05, 0) is 26.8 Å². The van der Waals surface area contributed by atoms with Crippen molar-refractivity contribution in [3.63, 3.8) is 0 Å². The molecule has 5 heteroatoms. The molecule has 20 heavy (non-hydrogen) atoms. The van der Waals surface area contributed by atoms with Gasteiger partial charge in [-0.25, -0.2) is 8.78 Å². The third-order valence-electron chi connectivity index (χ3n) is 3.52. The summed E-state index contributed by atoms with van der Waals surface area (Å²) < 4.78 is 31.8. The lowest BCUT2D eigenvalue weighted by Crippen LogP contribution is -2.46. The van der Waals surface area contributed by atoms with Crippen LogP contribution in [0.5, 0.6) is 5.75 Å². The Morgan fingerprint density at radius 2 is 2.05 bits per heavy atom. The number of benzene rings is 1. The van der Waals surface area contributed by atoms with Crippen molar-refractivity contribution in [2.24, 2.45) is 5.41 Å². The number of fused-ring (bicyclic) bond motifs is 1. The van der Waals surface area contributed by atoms with E-state index in [1.165, 1.54) is 18.7 Å². The Labute approximate surface area is 117 Å². The Hall–Kier alpha value is -1.65. The van der Waals surface area contributed by atoms with Crippen LogP contribution in [0.1, 0.15) is 26.3 Å². The molecule has 1 heterocycles. The van der Waals surface area contributed by atoms with E-state index in [1.807, 2.05) is 31.2 Å². The second-order valence-electron chi connectivity index (χ2n) is 5.74. The zero-order chi connectivity index (χ0) is 14.9. The number of ether oxygens (including phenoxy) is 1. The van der Waals surface area contributed by atoms with Gasteiger partial charge in [0.15, 0.2) is 0 Å². The average molecular weight is 283 g/mol. The highest BCUT2D eigenvalue weighted by Gasteiger charge is 2.41. The average Bonchev–Trinajstić information content (AvgIpc) is 2.55. The van der Waals surface area contributed by atoms with Gasteiger partial charge in [-0.3, -0.25) is 4.79 Å². The third-order valence-corrected chi connectivity index (χ3v) is 3.52. The number of carbonyl (C=O) groups is 1. The molecule has 110 valence electrons. The van der Waals surface area contributed by atoms with Crippen molar-refractivity contribution in [2.45, 2.75) is 39.8 Å². The summed E-state index contributed by atoms with van der Waals surface area (Å²) in [5.41, 5.74) is -0.839. The van der Waals surface area contributed by atoms with Crippen LogP contribution in [0.2, 0.25) is 0 Å². The number of hydrogen-bond donors (Lipinski definition) is 0. The van der Waals surface area contributed by atoms with Gasteiger partial charge >= 0.3 is 0 Å². The molecule has 0 aliphatic carbocycles. The summed E-state index contributed by atoms with van der Waals surface area (Å²) in [5.74, 6) is 0.171. The van der Waals surface area contributed by atoms with Crippen molar-refractivity contribution >= 4 is 5.91 Å². The van der Waals surface area contributed by atoms with Gasteiger partial charge in [0.2, 0.25) is 5.91 Å². The Morgan fingerprint density at radius 1 is 1.40 bits per heavy atom. The zero-order valence-electron chi connectivity index (χ0n) is 11.9. The summed E-state index contributed by atoms with van der Waals surface area (Å²) >= 11 is 0. The number of hydrogen-bond acceptors (Lipinski definition) is 2. The lowest BCUT2D eigenvalue weighted by molar-refractivity contribution is -0.150. The van der Waals surface area contributed by atoms with Crippen LogP contribution in [0.15, 0.2) is 24.3 Å². The van der Waals surface area contributed by atoms with Crippen molar-refractivity contribution in [3.05, 3.63) is 29.8 Å². The van der Waals surface area contributed by atoms with E-state index in [1.54, 1.807) is 0 Å². The van der Waals surface area contributed by atoms with Crippen molar-refractivity contribution in [1.29, 1.82) is 0 Å². The lowest BCUT2D eigenvalue weighted by atomic mass is 9.92. The predicted octanol–water partition coefficient (Wildman–Crippen LogP) is 3.09. The molecule has 0 N–H and O–H groups in total. The van der Waals surface area contributed by atoms with Crippen LogP contribution in [0.25, 0.3) is 0 Å². The standard InChI is InChI=1S/C15H19F2NO2/c1-10-8-18(14(19)15(2,3)13(16)17)9-11-6-4-5-7-12(11)20-10/h4-7,10,13H,8-9H2,1-3H3. The van der Waals surface area contributed by atoms with E-state index < -0.39 is 17.7 Å². The molecule has 1 atom stereocenters. The van der Waals surface area contributed by atoms with Crippen LogP contribution in [0, 0.1) is 5.41 Å². The van der Waals surface area contributed by atoms with Crippen molar-refractivity contribution in [3.8, 4) is 5.75 Å². The first-order chi connectivity index (χ1) is 9.32. The number of rotatable bonds is 2. The van der Waals surface area contributed by atoms with Crippen molar-refractivity contribution < 1.29 is 18.3 Å². The summed E-state index contributed by atoms with van der Waals surface area (Å²) in [6.07, 6.45) is -2.92. The second kappa shape index (κ2) is 5.38. The summed E-state index contributed by atoms with van der Waals surface area (Å²) in [6.45, 7) is 5.00. The van der Waals surface area contributed by atoms with Crippen molar-refractivity contribution in [1.82, 2.24) is 4.90 Å². The SMILES string of the molecule is CC1CN(C(=O)C(C)(C)C(F)F)Cc2ccccc2O1. The maximum Gasteiger partial charge on any atom is 0.252 e. The fourth-order valence-corrected chi connectivity index (χ4v) is 2.24. The first-order valence-corrected chi connectivity index (χ1v) is 6.64. The molecule has 1 aromatic carbocycles. The van der Waals surface area contributed by atoms with E-state index >= 15 is 0 Å². The topological polar surface area (TPSA) is 29.5 Å². The van der Waals surface area contributed by atoms with Crippen molar-refractivity contribution in [2.75, 3.05) is 6.54 Å². The first-order valence-electron chi connectivity index (χ1n) is 6.64. The van der Waals surface area contributed by atoms with E-state index in [9.17, 15) is 13.6 Å². The van der Waals surface area contributed by atoms with E-state index in [2.05, 4.69) is 0 Å². The van der Waals surface area contributed by atoms with Gasteiger partial charge in [0.05, 0.1) is 6.54 Å². The zero-order valence-corrected chi connectivity index (χ0v) is 11.9. The summed E-state index contributed by atoms with van der Waals surface area (Å²) in [6, 6.07) is 7.38. The second-order valence-corrected chi connectivity index (χ2v) is 5.74. The van der Waals surface area contributed by atoms with Crippen LogP contribution in [-0.4, -0.2) is 29.9 Å². The number of para-hydroxylation sites is 1. The first kappa shape index (κ1) is 14.8. The molecule has 1 amide bonds. The normalized spacial score (nSPS) is 19.3. The Morgan fingerprint density at radius 3 is 2.70 bits per heavy atom. The Bertz CT molecular complexity index is 502. The maximum absolute atomic E-state index is 13.0. The molecule has 0 saturated carbocycles. The predicted molar refractivity (Wildman–Crippen MR) is 71.7 cm³/mol. The van der Waals surface area contributed by atoms with Crippen LogP contribution in [0.4, 0.5) is 8.78 Å². The Kier molecular flexibility index (Phi) is 3.97. The quantitative estimate of drug-likeness (QED) is 0.834. The minimum absolute atomic E-state index is 0.226. The largest absolute Gasteiger partial charge is 0.489 e. The van der Waals surface area contributed by atoms with Gasteiger partial charge < -0.3 is 9.64 Å². The van der Waals surface area contributed by atoms with E-state index in [4.69, 9.17) is 4.74 Å². The van der Waals surface area contributed by atoms with Gasteiger partial charge in [0, 0.05) is 12.1 Å². The molecule has 0 bridgehead atoms. The number of amides is 1. The van der Waals surface area contributed by atoms with Gasteiger partial charge in [0.25, 0.3) is 6.43 Å². The molecular formula is C15H19F2NO2. The molecule has 3 nitrogen and oxygen atoms in total. The fourth-order valence-electron chi connectivity index (χ4n) is 2.24. The molecule has 0 aromatic heterocycles. The molecule has 1 aliphatic heterocycles. The van der Waals surface area contributed by atoms with E-state index in [-0.39, 0.29) is 6.10 Å². The minimum Gasteiger partial charge on any atom is -0.489 e. The van der Waals surface area contributed by atoms with Gasteiger partial charge in [-0.1, -0.05) is 18.2 Å². The lowest BCUT2D eigenvalue weighted by Gasteiger charge is -2.31. The molecule has 0 saturated heterocycles. The fraction of sp³-hybridized carbons (Fsp3) is 0.533. The molecule has 0 fully saturated rings. The molecule has 1 aromatic rings. The number of halogens is 2. The van der Waals surface area contributed by atoms with E-state index in [0.29, 0.717) is 18.8 Å².